The van der Waals surface area contributed by atoms with Crippen LogP contribution >= 0.6 is 0 Å². The molecule has 28 heavy (non-hydrogen) atoms. The molecule has 3 heterocycles. The summed E-state index contributed by atoms with van der Waals surface area (Å²) in [6.45, 7) is 5.36. The molecule has 0 radical (unpaired) electrons. The van der Waals surface area contributed by atoms with Gasteiger partial charge in [-0.15, -0.1) is 0 Å². The van der Waals surface area contributed by atoms with E-state index in [2.05, 4.69) is 15.0 Å². The first-order chi connectivity index (χ1) is 13.3. The molecule has 0 saturated carbocycles. The van der Waals surface area contributed by atoms with Crippen LogP contribution in [0.4, 0.5) is 16.0 Å². The molecule has 3 N–H and O–H groups in total. The van der Waals surface area contributed by atoms with Gasteiger partial charge in [-0.1, -0.05) is 12.1 Å². The number of ether oxygens (including phenoxy) is 1. The Hall–Kier alpha value is -2.72. The maximum Gasteiger partial charge on any atom is 0.215 e. The fraction of sp³-hybridized carbons (Fsp3) is 0.333. The standard InChI is InChI=1S/C18H20FN5O3S/c1-10-9-24(7-8-27-10)18-15-14(21-11(2)22-18)16(17(20)23-15)28(25,26)13-6-4-3-5-12(13)19/h3-6,10,23H,7-9,20H2,1-2H3/t10-/m0/s1. The molecule has 0 amide bonds. The molecule has 0 bridgehead atoms. The molecule has 1 aromatic carbocycles. The Morgan fingerprint density at radius 2 is 2.07 bits per heavy atom. The first kappa shape index (κ1) is 18.6. The number of anilines is 2. The number of morpholine rings is 1. The van der Waals surface area contributed by atoms with Crippen molar-refractivity contribution in [3.05, 3.63) is 35.9 Å². The van der Waals surface area contributed by atoms with Gasteiger partial charge in [0.15, 0.2) is 5.82 Å². The summed E-state index contributed by atoms with van der Waals surface area (Å²) in [6, 6.07) is 5.19. The van der Waals surface area contributed by atoms with E-state index in [9.17, 15) is 12.8 Å². The molecule has 148 valence electrons. The maximum atomic E-state index is 14.2. The highest BCUT2D eigenvalue weighted by molar-refractivity contribution is 7.92. The molecule has 1 saturated heterocycles. The van der Waals surface area contributed by atoms with Crippen molar-refractivity contribution >= 4 is 32.5 Å². The Balaban J connectivity index is 1.94. The minimum Gasteiger partial charge on any atom is -0.384 e. The number of aromatic nitrogens is 3. The Morgan fingerprint density at radius 3 is 2.79 bits per heavy atom. The molecule has 0 aliphatic carbocycles. The van der Waals surface area contributed by atoms with E-state index in [1.165, 1.54) is 18.2 Å². The van der Waals surface area contributed by atoms with E-state index in [-0.39, 0.29) is 22.3 Å². The van der Waals surface area contributed by atoms with Crippen molar-refractivity contribution < 1.29 is 17.5 Å². The van der Waals surface area contributed by atoms with E-state index in [4.69, 9.17) is 10.5 Å². The zero-order valence-corrected chi connectivity index (χ0v) is 16.3. The number of sulfone groups is 1. The Morgan fingerprint density at radius 1 is 1.32 bits per heavy atom. The van der Waals surface area contributed by atoms with Gasteiger partial charge in [0, 0.05) is 13.1 Å². The van der Waals surface area contributed by atoms with Crippen LogP contribution in [0.3, 0.4) is 0 Å². The Labute approximate surface area is 161 Å². The van der Waals surface area contributed by atoms with Crippen LogP contribution in [0, 0.1) is 12.7 Å². The first-order valence-corrected chi connectivity index (χ1v) is 10.3. The van der Waals surface area contributed by atoms with E-state index < -0.39 is 20.5 Å². The van der Waals surface area contributed by atoms with Gasteiger partial charge in [-0.3, -0.25) is 0 Å². The number of benzene rings is 1. The van der Waals surface area contributed by atoms with Crippen molar-refractivity contribution in [2.75, 3.05) is 30.3 Å². The number of nitrogens with one attached hydrogen (secondary N) is 1. The molecule has 8 nitrogen and oxygen atoms in total. The minimum absolute atomic E-state index is 0.00741. The number of fused-ring (bicyclic) bond motifs is 1. The van der Waals surface area contributed by atoms with Gasteiger partial charge in [0.05, 0.1) is 12.7 Å². The second-order valence-electron chi connectivity index (χ2n) is 6.75. The summed E-state index contributed by atoms with van der Waals surface area (Å²) in [6.07, 6.45) is 0.00741. The van der Waals surface area contributed by atoms with Gasteiger partial charge in [0.25, 0.3) is 0 Å². The summed E-state index contributed by atoms with van der Waals surface area (Å²) in [7, 11) is -4.22. The fourth-order valence-electron chi connectivity index (χ4n) is 3.44. The predicted octanol–water partition coefficient (Wildman–Crippen LogP) is 2.05. The first-order valence-electron chi connectivity index (χ1n) is 8.81. The van der Waals surface area contributed by atoms with Crippen molar-refractivity contribution in [1.82, 2.24) is 15.0 Å². The van der Waals surface area contributed by atoms with Crippen LogP contribution in [0.15, 0.2) is 34.1 Å². The average molecular weight is 405 g/mol. The van der Waals surface area contributed by atoms with Crippen molar-refractivity contribution in [2.24, 2.45) is 0 Å². The average Bonchev–Trinajstić information content (AvgIpc) is 2.97. The second-order valence-corrected chi connectivity index (χ2v) is 8.60. The zero-order chi connectivity index (χ0) is 20.1. The third-order valence-corrected chi connectivity index (χ3v) is 6.52. The third kappa shape index (κ3) is 2.98. The lowest BCUT2D eigenvalue weighted by Crippen LogP contribution is -2.41. The van der Waals surface area contributed by atoms with Crippen LogP contribution in [0.5, 0.6) is 0 Å². The summed E-state index contributed by atoms with van der Waals surface area (Å²) < 4.78 is 46.1. The van der Waals surface area contributed by atoms with Crippen LogP contribution in [-0.2, 0) is 14.6 Å². The van der Waals surface area contributed by atoms with Gasteiger partial charge in [-0.05, 0) is 26.0 Å². The van der Waals surface area contributed by atoms with Crippen molar-refractivity contribution in [1.29, 1.82) is 0 Å². The molecule has 1 aliphatic heterocycles. The maximum absolute atomic E-state index is 14.2. The quantitative estimate of drug-likeness (QED) is 0.685. The van der Waals surface area contributed by atoms with Crippen molar-refractivity contribution in [3.63, 3.8) is 0 Å². The molecule has 1 atom stereocenters. The molecular weight excluding hydrogens is 385 g/mol. The van der Waals surface area contributed by atoms with Gasteiger partial charge < -0.3 is 20.4 Å². The van der Waals surface area contributed by atoms with Gasteiger partial charge in [0.2, 0.25) is 9.84 Å². The van der Waals surface area contributed by atoms with Gasteiger partial charge >= 0.3 is 0 Å². The topological polar surface area (TPSA) is 114 Å². The van der Waals surface area contributed by atoms with Crippen LogP contribution in [0.25, 0.3) is 11.0 Å². The van der Waals surface area contributed by atoms with Crippen LogP contribution in [-0.4, -0.2) is 49.2 Å². The molecule has 0 spiro atoms. The summed E-state index contributed by atoms with van der Waals surface area (Å²) in [4.78, 5) is 13.0. The lowest BCUT2D eigenvalue weighted by molar-refractivity contribution is 0.0530. The number of nitrogens with zero attached hydrogens (tertiary/aromatic N) is 3. The summed E-state index contributed by atoms with van der Waals surface area (Å²) in [5.41, 5.74) is 6.60. The molecule has 1 aliphatic rings. The number of hydrogen-bond acceptors (Lipinski definition) is 7. The van der Waals surface area contributed by atoms with Gasteiger partial charge in [-0.2, -0.15) is 0 Å². The third-order valence-electron chi connectivity index (χ3n) is 4.66. The molecule has 10 heteroatoms. The fourth-order valence-corrected chi connectivity index (χ4v) is 4.99. The van der Waals surface area contributed by atoms with Crippen molar-refractivity contribution in [3.8, 4) is 0 Å². The zero-order valence-electron chi connectivity index (χ0n) is 15.4. The van der Waals surface area contributed by atoms with E-state index in [1.54, 1.807) is 6.92 Å². The number of hydrogen-bond donors (Lipinski definition) is 2. The monoisotopic (exact) mass is 405 g/mol. The minimum atomic E-state index is -4.22. The number of nitrogen functional groups attached to an aromatic ring is 1. The summed E-state index contributed by atoms with van der Waals surface area (Å²) >= 11 is 0. The summed E-state index contributed by atoms with van der Waals surface area (Å²) in [5, 5.41) is 0. The highest BCUT2D eigenvalue weighted by Gasteiger charge is 2.31. The Bertz CT molecular complexity index is 1160. The lowest BCUT2D eigenvalue weighted by Gasteiger charge is -2.32. The normalized spacial score (nSPS) is 18.0. The molecule has 3 aromatic rings. The highest BCUT2D eigenvalue weighted by Crippen LogP contribution is 2.36. The summed E-state index contributed by atoms with van der Waals surface area (Å²) in [5.74, 6) is 0.00919. The smallest absolute Gasteiger partial charge is 0.215 e. The van der Waals surface area contributed by atoms with E-state index >= 15 is 0 Å². The largest absolute Gasteiger partial charge is 0.384 e. The predicted molar refractivity (Wildman–Crippen MR) is 103 cm³/mol. The van der Waals surface area contributed by atoms with E-state index in [1.807, 2.05) is 11.8 Å². The molecule has 0 unspecified atom stereocenters. The molecule has 4 rings (SSSR count). The van der Waals surface area contributed by atoms with Gasteiger partial charge in [-0.25, -0.2) is 22.8 Å². The Kier molecular flexibility index (Phi) is 4.47. The number of aromatic amines is 1. The number of nitrogens with two attached hydrogens (primary N) is 1. The number of H-pyrrole nitrogens is 1. The number of halogens is 1. The molecule has 1 fully saturated rings. The van der Waals surface area contributed by atoms with Crippen LogP contribution in [0.2, 0.25) is 0 Å². The van der Waals surface area contributed by atoms with Crippen LogP contribution in [0.1, 0.15) is 12.7 Å². The van der Waals surface area contributed by atoms with Crippen LogP contribution < -0.4 is 10.6 Å². The number of rotatable bonds is 3. The van der Waals surface area contributed by atoms with E-state index in [0.29, 0.717) is 36.9 Å². The van der Waals surface area contributed by atoms with E-state index in [0.717, 1.165) is 6.07 Å². The number of aryl methyl sites for hydroxylation is 1. The van der Waals surface area contributed by atoms with Gasteiger partial charge in [0.1, 0.15) is 38.3 Å². The molecular formula is C18H20FN5O3S. The highest BCUT2D eigenvalue weighted by atomic mass is 32.2. The SMILES string of the molecule is Cc1nc(N2CCO[C@@H](C)C2)c2[nH]c(N)c(S(=O)(=O)c3ccccc3F)c2n1. The van der Waals surface area contributed by atoms with Crippen molar-refractivity contribution in [2.45, 2.75) is 29.7 Å². The lowest BCUT2D eigenvalue weighted by atomic mass is 10.3. The second kappa shape index (κ2) is 6.71. The molecule has 2 aromatic heterocycles.